The maximum absolute atomic E-state index is 8.38. The van der Waals surface area contributed by atoms with Crippen LogP contribution in [0.15, 0.2) is 0 Å². The van der Waals surface area contributed by atoms with Gasteiger partial charge < -0.3 is 19.3 Å². The van der Waals surface area contributed by atoms with E-state index >= 15 is 0 Å². The highest BCUT2D eigenvalue weighted by Gasteiger charge is 1.89. The number of aliphatic hydroxyl groups excluding tert-OH is 1. The maximum Gasteiger partial charge on any atom is 0.0701 e. The van der Waals surface area contributed by atoms with Crippen LogP contribution in [0.3, 0.4) is 0 Å². The Morgan fingerprint density at radius 2 is 1.23 bits per heavy atom. The molecule has 80 valence electrons. The van der Waals surface area contributed by atoms with Gasteiger partial charge in [0.2, 0.25) is 0 Å². The Kier molecular flexibility index (Phi) is 12.6. The molecule has 0 aliphatic rings. The van der Waals surface area contributed by atoms with Gasteiger partial charge in [-0.2, -0.15) is 0 Å². The summed E-state index contributed by atoms with van der Waals surface area (Å²) in [6.07, 6.45) is 0. The van der Waals surface area contributed by atoms with Gasteiger partial charge in [0.05, 0.1) is 46.2 Å². The van der Waals surface area contributed by atoms with Crippen molar-refractivity contribution in [3.8, 4) is 0 Å². The minimum Gasteiger partial charge on any atom is -0.394 e. The van der Waals surface area contributed by atoms with Gasteiger partial charge in [-0.25, -0.2) is 0 Å². The fourth-order valence-electron chi connectivity index (χ4n) is 0.661. The fraction of sp³-hybridized carbons (Fsp3) is 1.00. The first kappa shape index (κ1) is 13.3. The fourth-order valence-corrected chi connectivity index (χ4v) is 0.890. The van der Waals surface area contributed by atoms with Crippen molar-refractivity contribution in [3.05, 3.63) is 0 Å². The van der Waals surface area contributed by atoms with E-state index in [4.69, 9.17) is 19.3 Å². The predicted octanol–water partition coefficient (Wildman–Crippen LogP) is 0.423. The quantitative estimate of drug-likeness (QED) is 0.455. The third-order valence-corrected chi connectivity index (χ3v) is 1.52. The molecule has 0 atom stereocenters. The second kappa shape index (κ2) is 12.3. The van der Waals surface area contributed by atoms with Crippen LogP contribution < -0.4 is 0 Å². The molecule has 1 N–H and O–H groups in total. The first-order chi connectivity index (χ1) is 6.41. The summed E-state index contributed by atoms with van der Waals surface area (Å²) in [6, 6.07) is 0. The Morgan fingerprint density at radius 3 is 1.69 bits per heavy atom. The van der Waals surface area contributed by atoms with E-state index in [9.17, 15) is 0 Å². The number of ether oxygens (including phenoxy) is 3. The van der Waals surface area contributed by atoms with E-state index in [0.29, 0.717) is 39.6 Å². The molecule has 0 fully saturated rings. The number of rotatable bonds is 10. The molecule has 0 amide bonds. The van der Waals surface area contributed by atoms with Crippen molar-refractivity contribution in [1.29, 1.82) is 0 Å². The molecule has 0 spiro atoms. The maximum atomic E-state index is 8.38. The Balaban J connectivity index is 2.76. The molecule has 0 saturated heterocycles. The van der Waals surface area contributed by atoms with Gasteiger partial charge in [-0.15, -0.1) is 0 Å². The normalized spacial score (nSPS) is 10.6. The molecule has 0 radical (unpaired) electrons. The summed E-state index contributed by atoms with van der Waals surface area (Å²) in [5.74, 6) is 0. The van der Waals surface area contributed by atoms with Crippen molar-refractivity contribution < 1.29 is 19.3 Å². The number of aliphatic hydroxyl groups is 1. The van der Waals surface area contributed by atoms with E-state index in [-0.39, 0.29) is 6.61 Å². The van der Waals surface area contributed by atoms with Gasteiger partial charge in [-0.05, 0) is 0 Å². The molecule has 13 heavy (non-hydrogen) atoms. The SMILES string of the molecule is OCCOCCOCCOCCBr. The highest BCUT2D eigenvalue weighted by molar-refractivity contribution is 9.09. The molecule has 0 unspecified atom stereocenters. The van der Waals surface area contributed by atoms with E-state index < -0.39 is 0 Å². The lowest BCUT2D eigenvalue weighted by atomic mass is 10.7. The van der Waals surface area contributed by atoms with Gasteiger partial charge in [0.25, 0.3) is 0 Å². The third-order valence-electron chi connectivity index (χ3n) is 1.20. The summed E-state index contributed by atoms with van der Waals surface area (Å²) in [7, 11) is 0. The van der Waals surface area contributed by atoms with Gasteiger partial charge in [0, 0.05) is 5.33 Å². The summed E-state index contributed by atoms with van der Waals surface area (Å²) in [6.45, 7) is 3.44. The number of hydrogen-bond donors (Lipinski definition) is 1. The van der Waals surface area contributed by atoms with Crippen LogP contribution in [0.25, 0.3) is 0 Å². The summed E-state index contributed by atoms with van der Waals surface area (Å²) in [4.78, 5) is 0. The lowest BCUT2D eigenvalue weighted by Crippen LogP contribution is -2.11. The molecular weight excluding hydrogens is 240 g/mol. The molecule has 0 aromatic heterocycles. The molecule has 5 heteroatoms. The Morgan fingerprint density at radius 1 is 0.769 bits per heavy atom. The molecular formula is C8H17BrO4. The van der Waals surface area contributed by atoms with Crippen molar-refractivity contribution in [2.75, 3.05) is 51.6 Å². The molecule has 0 rings (SSSR count). The smallest absolute Gasteiger partial charge is 0.0701 e. The summed E-state index contributed by atoms with van der Waals surface area (Å²) < 4.78 is 15.3. The number of hydrogen-bond acceptors (Lipinski definition) is 4. The highest BCUT2D eigenvalue weighted by atomic mass is 79.9. The van der Waals surface area contributed by atoms with Gasteiger partial charge in [0.15, 0.2) is 0 Å². The second-order valence-corrected chi connectivity index (χ2v) is 3.04. The van der Waals surface area contributed by atoms with E-state index in [1.165, 1.54) is 0 Å². The first-order valence-electron chi connectivity index (χ1n) is 4.32. The minimum atomic E-state index is 0.0639. The zero-order valence-electron chi connectivity index (χ0n) is 7.71. The van der Waals surface area contributed by atoms with Gasteiger partial charge in [0.1, 0.15) is 0 Å². The largest absolute Gasteiger partial charge is 0.394 e. The molecule has 0 bridgehead atoms. The molecule has 0 aromatic carbocycles. The van der Waals surface area contributed by atoms with Crippen LogP contribution in [-0.4, -0.2) is 56.7 Å². The number of alkyl halides is 1. The average Bonchev–Trinajstić information content (AvgIpc) is 2.16. The van der Waals surface area contributed by atoms with Gasteiger partial charge >= 0.3 is 0 Å². The molecule has 0 aromatic rings. The number of halogens is 1. The molecule has 4 nitrogen and oxygen atoms in total. The van der Waals surface area contributed by atoms with Crippen LogP contribution >= 0.6 is 15.9 Å². The standard InChI is InChI=1S/C8H17BrO4/c9-1-3-11-5-7-13-8-6-12-4-2-10/h10H,1-8H2. The average molecular weight is 257 g/mol. The van der Waals surface area contributed by atoms with Crippen molar-refractivity contribution >= 4 is 15.9 Å². The van der Waals surface area contributed by atoms with Crippen LogP contribution in [-0.2, 0) is 14.2 Å². The minimum absolute atomic E-state index is 0.0639. The van der Waals surface area contributed by atoms with Crippen molar-refractivity contribution in [1.82, 2.24) is 0 Å². The molecule has 0 aliphatic carbocycles. The zero-order valence-corrected chi connectivity index (χ0v) is 9.29. The summed E-state index contributed by atoms with van der Waals surface area (Å²) in [5, 5.41) is 9.23. The third kappa shape index (κ3) is 12.3. The van der Waals surface area contributed by atoms with Crippen LogP contribution in [0.2, 0.25) is 0 Å². The monoisotopic (exact) mass is 256 g/mol. The second-order valence-electron chi connectivity index (χ2n) is 2.25. The van der Waals surface area contributed by atoms with Crippen LogP contribution in [0, 0.1) is 0 Å². The first-order valence-corrected chi connectivity index (χ1v) is 5.44. The van der Waals surface area contributed by atoms with Crippen LogP contribution in [0.4, 0.5) is 0 Å². The molecule has 0 saturated carbocycles. The van der Waals surface area contributed by atoms with E-state index in [0.717, 1.165) is 5.33 Å². The Hall–Kier alpha value is 0.320. The van der Waals surface area contributed by atoms with E-state index in [1.54, 1.807) is 0 Å². The van der Waals surface area contributed by atoms with Gasteiger partial charge in [-0.1, -0.05) is 15.9 Å². The van der Waals surface area contributed by atoms with Crippen LogP contribution in [0.5, 0.6) is 0 Å². The topological polar surface area (TPSA) is 47.9 Å². The van der Waals surface area contributed by atoms with Crippen LogP contribution in [0.1, 0.15) is 0 Å². The summed E-state index contributed by atoms with van der Waals surface area (Å²) >= 11 is 3.25. The Labute approximate surface area is 87.3 Å². The zero-order chi connectivity index (χ0) is 9.78. The van der Waals surface area contributed by atoms with E-state index in [1.807, 2.05) is 0 Å². The highest BCUT2D eigenvalue weighted by Crippen LogP contribution is 1.83. The lowest BCUT2D eigenvalue weighted by Gasteiger charge is -2.04. The van der Waals surface area contributed by atoms with E-state index in [2.05, 4.69) is 15.9 Å². The van der Waals surface area contributed by atoms with Crippen molar-refractivity contribution in [2.45, 2.75) is 0 Å². The predicted molar refractivity (Wildman–Crippen MR) is 53.3 cm³/mol. The Bertz CT molecular complexity index is 82.2. The van der Waals surface area contributed by atoms with Gasteiger partial charge in [-0.3, -0.25) is 0 Å². The van der Waals surface area contributed by atoms with Crippen molar-refractivity contribution in [3.63, 3.8) is 0 Å². The molecule has 0 heterocycles. The molecule has 0 aliphatic heterocycles. The lowest BCUT2D eigenvalue weighted by molar-refractivity contribution is 0.0101. The van der Waals surface area contributed by atoms with Crippen molar-refractivity contribution in [2.24, 2.45) is 0 Å². The summed E-state index contributed by atoms with van der Waals surface area (Å²) in [5.41, 5.74) is 0.